The molecule has 1 aromatic carbocycles. The Morgan fingerprint density at radius 2 is 2.06 bits per heavy atom. The Bertz CT molecular complexity index is 382. The first kappa shape index (κ1) is 12.4. The summed E-state index contributed by atoms with van der Waals surface area (Å²) in [7, 11) is 0. The predicted molar refractivity (Wildman–Crippen MR) is 67.1 cm³/mol. The molecule has 1 heterocycles. The van der Waals surface area contributed by atoms with Crippen LogP contribution in [0, 0.1) is 5.92 Å². The molecule has 17 heavy (non-hydrogen) atoms. The lowest BCUT2D eigenvalue weighted by molar-refractivity contribution is -0.127. The average molecular weight is 254 g/mol. The minimum absolute atomic E-state index is 0.0135. The van der Waals surface area contributed by atoms with Crippen LogP contribution in [-0.2, 0) is 4.79 Å². The second-order valence-electron chi connectivity index (χ2n) is 4.39. The van der Waals surface area contributed by atoms with Crippen LogP contribution in [0.5, 0.6) is 0 Å². The van der Waals surface area contributed by atoms with E-state index in [9.17, 15) is 9.90 Å². The van der Waals surface area contributed by atoms with Crippen LogP contribution in [0.25, 0.3) is 0 Å². The molecule has 4 heteroatoms. The molecule has 1 amide bonds. The SMILES string of the molecule is O=C(CCl)N1C[C@H](CO)[C@@H](c2ccccc2)C1. The number of aliphatic hydroxyl groups is 1. The van der Waals surface area contributed by atoms with Crippen molar-refractivity contribution in [2.24, 2.45) is 5.92 Å². The Hall–Kier alpha value is -1.06. The molecule has 0 radical (unpaired) electrons. The van der Waals surface area contributed by atoms with Crippen molar-refractivity contribution in [2.75, 3.05) is 25.6 Å². The van der Waals surface area contributed by atoms with Gasteiger partial charge in [0.25, 0.3) is 0 Å². The number of amides is 1. The van der Waals surface area contributed by atoms with Crippen LogP contribution in [0.4, 0.5) is 0 Å². The summed E-state index contributed by atoms with van der Waals surface area (Å²) in [5.41, 5.74) is 1.18. The van der Waals surface area contributed by atoms with E-state index in [-0.39, 0.29) is 30.2 Å². The highest BCUT2D eigenvalue weighted by Gasteiger charge is 2.35. The van der Waals surface area contributed by atoms with Crippen molar-refractivity contribution in [3.63, 3.8) is 0 Å². The van der Waals surface area contributed by atoms with Crippen LogP contribution in [0.2, 0.25) is 0 Å². The summed E-state index contributed by atoms with van der Waals surface area (Å²) in [5.74, 6) is 0.293. The first-order valence-corrected chi connectivity index (χ1v) is 6.29. The molecule has 2 atom stereocenters. The van der Waals surface area contributed by atoms with E-state index in [0.29, 0.717) is 13.1 Å². The van der Waals surface area contributed by atoms with Crippen LogP contribution in [0.1, 0.15) is 11.5 Å². The molecule has 0 spiro atoms. The van der Waals surface area contributed by atoms with E-state index in [0.717, 1.165) is 0 Å². The molecule has 1 fully saturated rings. The highest BCUT2D eigenvalue weighted by atomic mass is 35.5. The van der Waals surface area contributed by atoms with Crippen molar-refractivity contribution in [3.8, 4) is 0 Å². The second-order valence-corrected chi connectivity index (χ2v) is 4.66. The minimum Gasteiger partial charge on any atom is -0.396 e. The molecule has 0 aromatic heterocycles. The van der Waals surface area contributed by atoms with E-state index in [1.165, 1.54) is 5.56 Å². The lowest BCUT2D eigenvalue weighted by atomic mass is 9.90. The first-order chi connectivity index (χ1) is 8.26. The molecule has 0 unspecified atom stereocenters. The average Bonchev–Trinajstić information content (AvgIpc) is 2.83. The largest absolute Gasteiger partial charge is 0.396 e. The van der Waals surface area contributed by atoms with Gasteiger partial charge in [0.1, 0.15) is 5.88 Å². The van der Waals surface area contributed by atoms with E-state index >= 15 is 0 Å². The summed E-state index contributed by atoms with van der Waals surface area (Å²) < 4.78 is 0. The number of rotatable bonds is 3. The highest BCUT2D eigenvalue weighted by molar-refractivity contribution is 6.27. The summed E-state index contributed by atoms with van der Waals surface area (Å²) in [6, 6.07) is 10.0. The van der Waals surface area contributed by atoms with Gasteiger partial charge in [-0.05, 0) is 5.56 Å². The van der Waals surface area contributed by atoms with Gasteiger partial charge in [0, 0.05) is 31.5 Å². The van der Waals surface area contributed by atoms with Gasteiger partial charge in [0.2, 0.25) is 5.91 Å². The molecule has 0 saturated carbocycles. The molecule has 2 rings (SSSR count). The number of hydrogen-bond donors (Lipinski definition) is 1. The fourth-order valence-corrected chi connectivity index (χ4v) is 2.59. The van der Waals surface area contributed by atoms with Crippen LogP contribution in [0.3, 0.4) is 0 Å². The third kappa shape index (κ3) is 2.61. The Balaban J connectivity index is 2.15. The maximum atomic E-state index is 11.6. The maximum absolute atomic E-state index is 11.6. The van der Waals surface area contributed by atoms with E-state index in [1.807, 2.05) is 30.3 Å². The van der Waals surface area contributed by atoms with Gasteiger partial charge in [-0.1, -0.05) is 30.3 Å². The summed E-state index contributed by atoms with van der Waals surface area (Å²) in [6.07, 6.45) is 0. The summed E-state index contributed by atoms with van der Waals surface area (Å²) >= 11 is 5.56. The van der Waals surface area contributed by atoms with E-state index in [2.05, 4.69) is 0 Å². The molecular formula is C13H16ClNO2. The van der Waals surface area contributed by atoms with Gasteiger partial charge in [0.05, 0.1) is 0 Å². The standard InChI is InChI=1S/C13H16ClNO2/c14-6-13(17)15-7-11(9-16)12(8-15)10-4-2-1-3-5-10/h1-5,11-12,16H,6-9H2/t11-,12-/m1/s1. The van der Waals surface area contributed by atoms with E-state index < -0.39 is 0 Å². The van der Waals surface area contributed by atoms with Gasteiger partial charge >= 0.3 is 0 Å². The van der Waals surface area contributed by atoms with Crippen molar-refractivity contribution in [3.05, 3.63) is 35.9 Å². The molecule has 1 saturated heterocycles. The maximum Gasteiger partial charge on any atom is 0.237 e. The third-order valence-corrected chi connectivity index (χ3v) is 3.60. The molecule has 1 aromatic rings. The van der Waals surface area contributed by atoms with Gasteiger partial charge in [-0.2, -0.15) is 0 Å². The topological polar surface area (TPSA) is 40.5 Å². The lowest BCUT2D eigenvalue weighted by Gasteiger charge is -2.15. The Kier molecular flexibility index (Phi) is 4.02. The Morgan fingerprint density at radius 3 is 2.65 bits per heavy atom. The fourth-order valence-electron chi connectivity index (χ4n) is 2.42. The number of hydrogen-bond acceptors (Lipinski definition) is 2. The number of aliphatic hydroxyl groups excluding tert-OH is 1. The monoisotopic (exact) mass is 253 g/mol. The first-order valence-electron chi connectivity index (χ1n) is 5.75. The molecule has 3 nitrogen and oxygen atoms in total. The second kappa shape index (κ2) is 5.52. The number of likely N-dealkylation sites (tertiary alicyclic amines) is 1. The highest BCUT2D eigenvalue weighted by Crippen LogP contribution is 2.32. The zero-order valence-electron chi connectivity index (χ0n) is 9.55. The van der Waals surface area contributed by atoms with Gasteiger partial charge in [-0.3, -0.25) is 4.79 Å². The number of carbonyl (C=O) groups is 1. The van der Waals surface area contributed by atoms with Gasteiger partial charge in [-0.15, -0.1) is 11.6 Å². The van der Waals surface area contributed by atoms with Gasteiger partial charge in [0.15, 0.2) is 0 Å². The predicted octanol–water partition coefficient (Wildman–Crippen LogP) is 1.46. The van der Waals surface area contributed by atoms with Crippen molar-refractivity contribution >= 4 is 17.5 Å². The molecule has 1 N–H and O–H groups in total. The Labute approximate surface area is 106 Å². The lowest BCUT2D eigenvalue weighted by Crippen LogP contribution is -2.30. The Morgan fingerprint density at radius 1 is 1.35 bits per heavy atom. The number of nitrogens with zero attached hydrogens (tertiary/aromatic N) is 1. The van der Waals surface area contributed by atoms with Crippen LogP contribution in [-0.4, -0.2) is 41.5 Å². The molecular weight excluding hydrogens is 238 g/mol. The quantitative estimate of drug-likeness (QED) is 0.829. The zero-order chi connectivity index (χ0) is 12.3. The number of halogens is 1. The van der Waals surface area contributed by atoms with Crippen molar-refractivity contribution in [1.82, 2.24) is 4.90 Å². The molecule has 1 aliphatic rings. The third-order valence-electron chi connectivity index (χ3n) is 3.37. The molecule has 0 aliphatic carbocycles. The van der Waals surface area contributed by atoms with Crippen LogP contribution >= 0.6 is 11.6 Å². The summed E-state index contributed by atoms with van der Waals surface area (Å²) in [4.78, 5) is 13.3. The number of alkyl halides is 1. The van der Waals surface area contributed by atoms with Crippen LogP contribution < -0.4 is 0 Å². The van der Waals surface area contributed by atoms with Crippen molar-refractivity contribution in [1.29, 1.82) is 0 Å². The minimum atomic E-state index is -0.0523. The molecule has 0 bridgehead atoms. The summed E-state index contributed by atoms with van der Waals surface area (Å²) in [6.45, 7) is 1.36. The van der Waals surface area contributed by atoms with E-state index in [1.54, 1.807) is 4.90 Å². The smallest absolute Gasteiger partial charge is 0.237 e. The zero-order valence-corrected chi connectivity index (χ0v) is 10.3. The van der Waals surface area contributed by atoms with Gasteiger partial charge < -0.3 is 10.0 Å². The van der Waals surface area contributed by atoms with E-state index in [4.69, 9.17) is 11.6 Å². The summed E-state index contributed by atoms with van der Waals surface area (Å²) in [5, 5.41) is 9.40. The fraction of sp³-hybridized carbons (Fsp3) is 0.462. The normalized spacial score (nSPS) is 24.0. The molecule has 1 aliphatic heterocycles. The molecule has 92 valence electrons. The van der Waals surface area contributed by atoms with Crippen molar-refractivity contribution < 1.29 is 9.90 Å². The number of carbonyl (C=O) groups excluding carboxylic acids is 1. The number of benzene rings is 1. The van der Waals surface area contributed by atoms with Crippen molar-refractivity contribution in [2.45, 2.75) is 5.92 Å². The van der Waals surface area contributed by atoms with Gasteiger partial charge in [-0.25, -0.2) is 0 Å². The van der Waals surface area contributed by atoms with Crippen LogP contribution in [0.15, 0.2) is 30.3 Å².